The molecule has 0 heterocycles. The van der Waals surface area contributed by atoms with Crippen LogP contribution in [-0.4, -0.2) is 78.2 Å². The highest BCUT2D eigenvalue weighted by molar-refractivity contribution is 7.61. The lowest BCUT2D eigenvalue weighted by atomic mass is 10.6. The fourth-order valence-corrected chi connectivity index (χ4v) is 0. The Morgan fingerprint density at radius 2 is 1.00 bits per heavy atom. The molecule has 0 aromatic rings. The van der Waals surface area contributed by atoms with Gasteiger partial charge in [-0.25, -0.2) is 0 Å². The van der Waals surface area contributed by atoms with Crippen LogP contribution in [0.3, 0.4) is 0 Å². The summed E-state index contributed by atoms with van der Waals surface area (Å²) in [5.41, 5.74) is 0. The van der Waals surface area contributed by atoms with Crippen molar-refractivity contribution in [2.75, 3.05) is 68.8 Å². The standard InChI is InChI=1S/C5H14N.C3H9N.C3H9OP.C2H6/c1-5-6(2,3)4;1-4(2)3;1-5(2,3)4;1-2/h5H2,1-4H3;1-3H3;1-3H3;1-2H3/q+1;;;. The second-order valence-electron chi connectivity index (χ2n) is 5.84. The zero-order valence-electron chi connectivity index (χ0n) is 14.5. The Bertz CT molecular complexity index is 158. The van der Waals surface area contributed by atoms with Gasteiger partial charge in [0.25, 0.3) is 0 Å². The van der Waals surface area contributed by atoms with Crippen molar-refractivity contribution in [2.24, 2.45) is 0 Å². The van der Waals surface area contributed by atoms with Crippen LogP contribution >= 0.6 is 7.14 Å². The van der Waals surface area contributed by atoms with Gasteiger partial charge in [-0.05, 0) is 48.1 Å². The van der Waals surface area contributed by atoms with E-state index < -0.39 is 7.14 Å². The molecule has 0 N–H and O–H groups in total. The van der Waals surface area contributed by atoms with E-state index in [1.54, 1.807) is 20.0 Å². The highest BCUT2D eigenvalue weighted by Gasteiger charge is 1.97. The third-order valence-electron chi connectivity index (χ3n) is 0.949. The van der Waals surface area contributed by atoms with Crippen LogP contribution in [0.25, 0.3) is 0 Å². The summed E-state index contributed by atoms with van der Waals surface area (Å²) in [6, 6.07) is 0. The topological polar surface area (TPSA) is 20.3 Å². The molecule has 0 aromatic heterocycles. The van der Waals surface area contributed by atoms with Gasteiger partial charge in [0.2, 0.25) is 0 Å². The summed E-state index contributed by atoms with van der Waals surface area (Å²) in [6.45, 7) is 12.6. The van der Waals surface area contributed by atoms with Gasteiger partial charge < -0.3 is 13.9 Å². The monoisotopic (exact) mass is 269 g/mol. The van der Waals surface area contributed by atoms with Gasteiger partial charge in [0.05, 0.1) is 34.8 Å². The molecule has 0 bridgehead atoms. The van der Waals surface area contributed by atoms with Gasteiger partial charge in [-0.2, -0.15) is 0 Å². The molecule has 3 nitrogen and oxygen atoms in total. The molecular formula is C13H38N2OP+. The summed E-state index contributed by atoms with van der Waals surface area (Å²) in [7, 11) is 10.9. The number of rotatable bonds is 1. The second kappa shape index (κ2) is 14.2. The first kappa shape index (κ1) is 25.9. The largest absolute Gasteiger partial charge is 0.331 e. The van der Waals surface area contributed by atoms with Crippen LogP contribution in [0.4, 0.5) is 0 Å². The molecule has 0 rings (SSSR count). The minimum atomic E-state index is -1.64. The molecule has 17 heavy (non-hydrogen) atoms. The molecule has 0 spiro atoms. The van der Waals surface area contributed by atoms with Crippen LogP contribution in [0, 0.1) is 0 Å². The first-order chi connectivity index (χ1) is 7.29. The van der Waals surface area contributed by atoms with Crippen LogP contribution in [0.1, 0.15) is 20.8 Å². The van der Waals surface area contributed by atoms with Crippen molar-refractivity contribution in [3.8, 4) is 0 Å². The van der Waals surface area contributed by atoms with Crippen molar-refractivity contribution in [1.82, 2.24) is 4.90 Å². The molecular weight excluding hydrogens is 231 g/mol. The van der Waals surface area contributed by atoms with Crippen molar-refractivity contribution in [3.05, 3.63) is 0 Å². The van der Waals surface area contributed by atoms with Crippen LogP contribution < -0.4 is 0 Å². The van der Waals surface area contributed by atoms with Crippen molar-refractivity contribution in [1.29, 1.82) is 0 Å². The van der Waals surface area contributed by atoms with Gasteiger partial charge in [0.1, 0.15) is 0 Å². The maximum atomic E-state index is 10.2. The molecule has 0 atom stereocenters. The van der Waals surface area contributed by atoms with Gasteiger partial charge >= 0.3 is 0 Å². The summed E-state index contributed by atoms with van der Waals surface area (Å²) in [4.78, 5) is 2.00. The van der Waals surface area contributed by atoms with Crippen molar-refractivity contribution < 1.29 is 9.05 Å². The maximum Gasteiger partial charge on any atom is 0.0790 e. The van der Waals surface area contributed by atoms with E-state index in [-0.39, 0.29) is 0 Å². The van der Waals surface area contributed by atoms with Crippen molar-refractivity contribution in [2.45, 2.75) is 20.8 Å². The fourth-order valence-electron chi connectivity index (χ4n) is 0. The van der Waals surface area contributed by atoms with E-state index >= 15 is 0 Å². The van der Waals surface area contributed by atoms with E-state index in [2.05, 4.69) is 28.1 Å². The van der Waals surface area contributed by atoms with Crippen molar-refractivity contribution >= 4 is 7.14 Å². The first-order valence-corrected chi connectivity index (χ1v) is 9.28. The normalized spacial score (nSPS) is 10.2. The minimum Gasteiger partial charge on any atom is -0.331 e. The average Bonchev–Trinajstić information content (AvgIpc) is 2.02. The quantitative estimate of drug-likeness (QED) is 0.538. The van der Waals surface area contributed by atoms with Crippen LogP contribution in [-0.2, 0) is 4.57 Å². The zero-order valence-corrected chi connectivity index (χ0v) is 15.4. The predicted octanol–water partition coefficient (Wildman–Crippen LogP) is 3.16. The Hall–Kier alpha value is 0.150. The highest BCUT2D eigenvalue weighted by Crippen LogP contribution is 2.28. The third kappa shape index (κ3) is 326. The Balaban J connectivity index is -0.0000000705. The highest BCUT2D eigenvalue weighted by atomic mass is 31.2. The van der Waals surface area contributed by atoms with E-state index in [4.69, 9.17) is 0 Å². The SMILES string of the molecule is CC.CC[N+](C)(C)C.CN(C)C.CP(C)(C)=O. The number of quaternary nitrogens is 1. The van der Waals surface area contributed by atoms with E-state index in [0.29, 0.717) is 0 Å². The lowest BCUT2D eigenvalue weighted by molar-refractivity contribution is -0.868. The molecule has 4 heteroatoms. The van der Waals surface area contributed by atoms with Crippen LogP contribution in [0.15, 0.2) is 0 Å². The fraction of sp³-hybridized carbons (Fsp3) is 1.00. The van der Waals surface area contributed by atoms with E-state index in [1.165, 1.54) is 6.54 Å². The number of hydrogen-bond acceptors (Lipinski definition) is 2. The molecule has 0 amide bonds. The summed E-state index contributed by atoms with van der Waals surface area (Å²) in [6.07, 6.45) is 0. The minimum absolute atomic E-state index is 1.07. The molecule has 0 saturated heterocycles. The third-order valence-corrected chi connectivity index (χ3v) is 0.949. The maximum absolute atomic E-state index is 10.2. The summed E-state index contributed by atoms with van der Waals surface area (Å²) >= 11 is 0. The molecule has 0 aliphatic carbocycles. The molecule has 0 radical (unpaired) electrons. The van der Waals surface area contributed by atoms with Gasteiger partial charge in [-0.3, -0.25) is 0 Å². The zero-order chi connectivity index (χ0) is 15.3. The lowest BCUT2D eigenvalue weighted by Crippen LogP contribution is -2.33. The average molecular weight is 269 g/mol. The van der Waals surface area contributed by atoms with Gasteiger partial charge in [-0.1, -0.05) is 13.8 Å². The summed E-state index contributed by atoms with van der Waals surface area (Å²) in [5.74, 6) is 0. The molecule has 0 aliphatic heterocycles. The van der Waals surface area contributed by atoms with E-state index in [1.807, 2.05) is 39.9 Å². The Labute approximate surface area is 111 Å². The Morgan fingerprint density at radius 1 is 0.941 bits per heavy atom. The molecule has 0 unspecified atom stereocenters. The number of nitrogens with zero attached hydrogens (tertiary/aromatic N) is 2. The molecule has 110 valence electrons. The summed E-state index contributed by atoms with van der Waals surface area (Å²) < 4.78 is 11.3. The van der Waals surface area contributed by atoms with Gasteiger partial charge in [0, 0.05) is 0 Å². The van der Waals surface area contributed by atoms with E-state index in [0.717, 1.165) is 4.48 Å². The molecule has 0 fully saturated rings. The Kier molecular flexibility index (Phi) is 21.6. The number of hydrogen-bond donors (Lipinski definition) is 0. The second-order valence-corrected chi connectivity index (χ2v) is 9.62. The van der Waals surface area contributed by atoms with Crippen molar-refractivity contribution in [3.63, 3.8) is 0 Å². The molecule has 0 aliphatic rings. The first-order valence-electron chi connectivity index (χ1n) is 6.23. The van der Waals surface area contributed by atoms with E-state index in [9.17, 15) is 4.57 Å². The lowest BCUT2D eigenvalue weighted by Gasteiger charge is -2.20. The van der Waals surface area contributed by atoms with Crippen LogP contribution in [0.2, 0.25) is 0 Å². The Morgan fingerprint density at radius 3 is 1.00 bits per heavy atom. The van der Waals surface area contributed by atoms with Gasteiger partial charge in [-0.15, -0.1) is 0 Å². The molecule has 0 aromatic carbocycles. The molecule has 0 saturated carbocycles. The predicted molar refractivity (Wildman–Crippen MR) is 84.9 cm³/mol. The van der Waals surface area contributed by atoms with Crippen LogP contribution in [0.5, 0.6) is 0 Å². The summed E-state index contributed by atoms with van der Waals surface area (Å²) in [5, 5.41) is 0. The van der Waals surface area contributed by atoms with Gasteiger partial charge in [0.15, 0.2) is 0 Å². The smallest absolute Gasteiger partial charge is 0.0790 e.